The molecule has 2 atom stereocenters. The molecule has 2 heterocycles. The van der Waals surface area contributed by atoms with E-state index in [1.807, 2.05) is 38.4 Å². The summed E-state index contributed by atoms with van der Waals surface area (Å²) < 4.78 is 219. The number of carbonyl (C=O) groups excluding carboxylic acids is 2. The maximum absolute atomic E-state index is 13.2. The first-order valence-electron chi connectivity index (χ1n) is 49.8. The number of hydrogen-bond donors (Lipinski definition) is 4. The highest BCUT2D eigenvalue weighted by atomic mass is 35.5. The number of benzene rings is 4. The standard InChI is InChI=1S/C98H160Cl4N6O35S2/c1-107-79-91(89-75-85(99)77-95(101)93(89)81-107)83-5-3-7-87(73-83)144(111,112)105-13-19-119-25-31-125-37-43-131-49-55-137-61-67-142-71-69-140-65-59-135-53-47-129-41-35-123-29-23-117-17-11-103-97(109)9-15-115-21-27-121-33-39-127-45-51-133-57-63-139-64-58-134-52-46-128-40-34-122-28-22-116-16-10-98(110)104-12-18-118-24-30-124-36-42-130-48-54-136-60-66-141-70-72-143-68-62-138-56-50-132-44-38-126-32-26-120-20-14-106-145(113,114)88-8-4-6-84(74-88)92-80-108(2)82-94-90(92)76-86(100)78-96(94)102/h3-8,73-78,91-92,105-106H,9-72,79-82H2,1-2H3,(H,103,109)(H,104,110). The van der Waals surface area contributed by atoms with E-state index in [-0.39, 0.29) is 85.8 Å². The van der Waals surface area contributed by atoms with Gasteiger partial charge in [-0.1, -0.05) is 70.7 Å². The van der Waals surface area contributed by atoms with Crippen LogP contribution in [0.2, 0.25) is 20.1 Å². The Morgan fingerprint density at radius 2 is 0.448 bits per heavy atom. The van der Waals surface area contributed by atoms with E-state index in [1.165, 1.54) is 0 Å². The predicted octanol–water partition coefficient (Wildman–Crippen LogP) is 6.21. The highest BCUT2D eigenvalue weighted by Crippen LogP contribution is 2.41. The fraction of sp³-hybridized carbons (Fsp3) is 0.735. The average Bonchev–Trinajstić information content (AvgIpc) is 0.775. The van der Waals surface area contributed by atoms with E-state index < -0.39 is 20.0 Å². The molecule has 41 nitrogen and oxygen atoms in total. The molecular formula is C98H160Cl4N6O35S2. The smallest absolute Gasteiger partial charge is 0.240 e. The van der Waals surface area contributed by atoms with Crippen LogP contribution in [0.4, 0.5) is 0 Å². The Labute approximate surface area is 877 Å². The number of fused-ring (bicyclic) bond motifs is 2. The summed E-state index contributed by atoms with van der Waals surface area (Å²) in [5.74, 6) is -0.407. The molecule has 2 aliphatic rings. The number of nitrogens with zero attached hydrogens (tertiary/aromatic N) is 2. The summed E-state index contributed by atoms with van der Waals surface area (Å²) in [4.78, 5) is 28.9. The summed E-state index contributed by atoms with van der Waals surface area (Å²) in [6.45, 7) is 27.1. The Bertz CT molecular complexity index is 3860. The van der Waals surface area contributed by atoms with E-state index in [9.17, 15) is 26.4 Å². The molecule has 0 radical (unpaired) electrons. The van der Waals surface area contributed by atoms with Gasteiger partial charge in [-0.25, -0.2) is 26.3 Å². The van der Waals surface area contributed by atoms with Crippen molar-refractivity contribution in [2.45, 2.75) is 47.6 Å². The van der Waals surface area contributed by atoms with Gasteiger partial charge in [-0.15, -0.1) is 0 Å². The lowest BCUT2D eigenvalue weighted by Gasteiger charge is -2.33. The van der Waals surface area contributed by atoms with Crippen LogP contribution in [0.3, 0.4) is 0 Å². The third-order valence-electron chi connectivity index (χ3n) is 21.0. The number of halogens is 4. The first-order valence-corrected chi connectivity index (χ1v) is 54.3. The molecule has 0 spiro atoms. The molecule has 0 aromatic heterocycles. The largest absolute Gasteiger partial charge is 0.379 e. The Morgan fingerprint density at radius 3 is 0.655 bits per heavy atom. The molecule has 4 aromatic rings. The van der Waals surface area contributed by atoms with Crippen molar-refractivity contribution in [3.63, 3.8) is 0 Å². The zero-order chi connectivity index (χ0) is 103. The Hall–Kier alpha value is -4.44. The quantitative estimate of drug-likeness (QED) is 0.0357. The molecule has 2 unspecified atom stereocenters. The van der Waals surface area contributed by atoms with Crippen LogP contribution < -0.4 is 20.1 Å². The third-order valence-corrected chi connectivity index (χ3v) is 25.0. The van der Waals surface area contributed by atoms with E-state index in [0.717, 1.165) is 33.4 Å². The summed E-state index contributed by atoms with van der Waals surface area (Å²) in [6.07, 6.45) is 0.470. The van der Waals surface area contributed by atoms with E-state index in [4.69, 9.17) is 184 Å². The van der Waals surface area contributed by atoms with Crippen LogP contribution in [0.1, 0.15) is 58.1 Å². The molecule has 2 amide bonds. The maximum Gasteiger partial charge on any atom is 0.240 e. The molecule has 2 aliphatic heterocycles. The van der Waals surface area contributed by atoms with Crippen molar-refractivity contribution < 1.29 is 164 Å². The minimum Gasteiger partial charge on any atom is -0.379 e. The van der Waals surface area contributed by atoms with Gasteiger partial charge in [0.1, 0.15) is 0 Å². The summed E-state index contributed by atoms with van der Waals surface area (Å²) in [5.41, 5.74) is 5.75. The van der Waals surface area contributed by atoms with Crippen LogP contribution in [-0.2, 0) is 180 Å². The van der Waals surface area contributed by atoms with Crippen molar-refractivity contribution in [3.05, 3.63) is 126 Å². The Morgan fingerprint density at radius 1 is 0.262 bits per heavy atom. The number of likely N-dealkylation sites (N-methyl/N-ethyl adjacent to an activating group) is 2. The Kier molecular flexibility index (Phi) is 78.4. The van der Waals surface area contributed by atoms with Gasteiger partial charge in [0.15, 0.2) is 0 Å². The van der Waals surface area contributed by atoms with E-state index in [2.05, 4.69) is 29.9 Å². The van der Waals surface area contributed by atoms with Crippen LogP contribution in [0.15, 0.2) is 82.6 Å². The molecule has 0 saturated heterocycles. The molecule has 145 heavy (non-hydrogen) atoms. The van der Waals surface area contributed by atoms with E-state index in [1.54, 1.807) is 48.5 Å². The van der Waals surface area contributed by atoms with Crippen molar-refractivity contribution in [1.29, 1.82) is 0 Å². The number of sulfonamides is 2. The van der Waals surface area contributed by atoms with Gasteiger partial charge in [0.2, 0.25) is 31.9 Å². The number of ether oxygens (including phenoxy) is 29. The van der Waals surface area contributed by atoms with Crippen molar-refractivity contribution in [3.8, 4) is 0 Å². The summed E-state index contributed by atoms with van der Waals surface area (Å²) in [6, 6.07) is 21.2. The van der Waals surface area contributed by atoms with Crippen molar-refractivity contribution in [2.75, 3.05) is 437 Å². The molecule has 47 heteroatoms. The monoisotopic (exact) mass is 2180 g/mol. The SMILES string of the molecule is CN1Cc2c(Cl)cc(Cl)cc2C(c2cccc(S(=O)(=O)NCCOCCOCCOCCOCCOCCOCCOCCOCCOCCOCCNC(=O)CCOCCOCCOCCOCCOCCOCCOCCOCCOCCC(=O)NCCOCCOCCOCCOCCOCCOCCOCCOCCOCCOCCNS(=O)(=O)c3cccc(C4CN(C)Cc5c(Cl)cc(Cl)cc54)c3)c2)C1. The van der Waals surface area contributed by atoms with Crippen LogP contribution in [0.25, 0.3) is 0 Å². The lowest BCUT2D eigenvalue weighted by atomic mass is 9.85. The average molecular weight is 2190 g/mol. The van der Waals surface area contributed by atoms with Crippen molar-refractivity contribution in [1.82, 2.24) is 29.9 Å². The second-order valence-corrected chi connectivity index (χ2v) is 37.5. The van der Waals surface area contributed by atoms with Gasteiger partial charge in [0, 0.05) is 97.1 Å². The highest BCUT2D eigenvalue weighted by molar-refractivity contribution is 7.89. The highest BCUT2D eigenvalue weighted by Gasteiger charge is 2.31. The molecular weight excluding hydrogens is 2030 g/mol. The van der Waals surface area contributed by atoms with E-state index in [0.29, 0.717) is 416 Å². The number of nitrogens with one attached hydrogen (secondary N) is 4. The summed E-state index contributed by atoms with van der Waals surface area (Å²) in [5, 5.41) is 7.92. The minimum absolute atomic E-state index is 0.0813. The topological polar surface area (TPSA) is 425 Å². The molecule has 6 rings (SSSR count). The van der Waals surface area contributed by atoms with Gasteiger partial charge in [-0.3, -0.25) is 9.59 Å². The summed E-state index contributed by atoms with van der Waals surface area (Å²) in [7, 11) is -3.51. The van der Waals surface area contributed by atoms with Gasteiger partial charge < -0.3 is 158 Å². The van der Waals surface area contributed by atoms with Crippen LogP contribution >= 0.6 is 46.4 Å². The second-order valence-electron chi connectivity index (χ2n) is 32.3. The van der Waals surface area contributed by atoms with Crippen LogP contribution in [-0.4, -0.2) is 475 Å². The Balaban J connectivity index is 0.521. The number of rotatable bonds is 102. The first-order chi connectivity index (χ1) is 71.0. The van der Waals surface area contributed by atoms with Gasteiger partial charge in [0.05, 0.1) is 393 Å². The maximum atomic E-state index is 13.2. The number of hydrogen-bond acceptors (Lipinski definition) is 37. The molecule has 4 N–H and O–H groups in total. The summed E-state index contributed by atoms with van der Waals surface area (Å²) >= 11 is 25.8. The van der Waals surface area contributed by atoms with Gasteiger partial charge >= 0.3 is 0 Å². The molecule has 0 fully saturated rings. The minimum atomic E-state index is -3.77. The predicted molar refractivity (Wildman–Crippen MR) is 542 cm³/mol. The molecule has 832 valence electrons. The lowest BCUT2D eigenvalue weighted by molar-refractivity contribution is -0.123. The molecule has 0 aliphatic carbocycles. The van der Waals surface area contributed by atoms with E-state index >= 15 is 0 Å². The van der Waals surface area contributed by atoms with Gasteiger partial charge in [-0.05, 0) is 96.0 Å². The number of amides is 2. The normalized spacial score (nSPS) is 14.1. The first kappa shape index (κ1) is 129. The fourth-order valence-electron chi connectivity index (χ4n) is 13.8. The van der Waals surface area contributed by atoms with Crippen LogP contribution in [0.5, 0.6) is 0 Å². The van der Waals surface area contributed by atoms with Crippen LogP contribution in [0, 0.1) is 0 Å². The lowest BCUT2D eigenvalue weighted by Crippen LogP contribution is -2.31. The molecule has 0 saturated carbocycles. The van der Waals surface area contributed by atoms with Gasteiger partial charge in [0.25, 0.3) is 0 Å². The van der Waals surface area contributed by atoms with Crippen molar-refractivity contribution in [2.24, 2.45) is 0 Å². The zero-order valence-corrected chi connectivity index (χ0v) is 89.3. The van der Waals surface area contributed by atoms with Crippen molar-refractivity contribution >= 4 is 78.3 Å². The number of carbonyl (C=O) groups is 2. The third kappa shape index (κ3) is 66.3. The van der Waals surface area contributed by atoms with Gasteiger partial charge in [-0.2, -0.15) is 0 Å². The second kappa shape index (κ2) is 87.9. The fourth-order valence-corrected chi connectivity index (χ4v) is 17.1. The molecule has 0 bridgehead atoms. The molecule has 4 aromatic carbocycles. The zero-order valence-electron chi connectivity index (χ0n) is 84.7.